The number of hydrogen-bond donors (Lipinski definition) is 1. The minimum atomic E-state index is 0.577. The molecule has 15 heavy (non-hydrogen) atoms. The van der Waals surface area contributed by atoms with Crippen molar-refractivity contribution in [2.45, 2.75) is 46.0 Å². The summed E-state index contributed by atoms with van der Waals surface area (Å²) in [5, 5.41) is 0. The van der Waals surface area contributed by atoms with Crippen molar-refractivity contribution in [3.63, 3.8) is 0 Å². The van der Waals surface area contributed by atoms with Gasteiger partial charge in [-0.1, -0.05) is 51.8 Å². The first-order chi connectivity index (χ1) is 7.15. The van der Waals surface area contributed by atoms with Crippen LogP contribution in [0.4, 0.5) is 5.69 Å². The number of hydrogen-bond acceptors (Lipinski definition) is 1. The number of anilines is 1. The Kier molecular flexibility index (Phi) is 4.67. The van der Waals surface area contributed by atoms with Crippen LogP contribution in [0.15, 0.2) is 24.3 Å². The van der Waals surface area contributed by atoms with Crippen LogP contribution in [0.25, 0.3) is 0 Å². The molecule has 0 aliphatic heterocycles. The minimum absolute atomic E-state index is 0.577. The Balaban J connectivity index is 2.61. The molecule has 0 bridgehead atoms. The van der Waals surface area contributed by atoms with E-state index in [4.69, 9.17) is 5.73 Å². The standard InChI is InChI=1S/C14H23N/c1-4-7-11(2)10-12(3)13-8-5-6-9-14(13)15/h5-6,8-9,11-12H,4,7,10,15H2,1-3H3. The van der Waals surface area contributed by atoms with Crippen LogP contribution in [0.2, 0.25) is 0 Å². The third kappa shape index (κ3) is 3.58. The number of nitrogen functional groups attached to an aromatic ring is 1. The van der Waals surface area contributed by atoms with Crippen molar-refractivity contribution in [2.75, 3.05) is 5.73 Å². The lowest BCUT2D eigenvalue weighted by atomic mass is 9.88. The molecule has 0 saturated heterocycles. The molecule has 2 atom stereocenters. The molecule has 1 rings (SSSR count). The van der Waals surface area contributed by atoms with Gasteiger partial charge in [-0.15, -0.1) is 0 Å². The molecular weight excluding hydrogens is 182 g/mol. The summed E-state index contributed by atoms with van der Waals surface area (Å²) in [5.41, 5.74) is 8.22. The predicted octanol–water partition coefficient (Wildman–Crippen LogP) is 4.20. The molecular formula is C14H23N. The molecule has 2 unspecified atom stereocenters. The summed E-state index contributed by atoms with van der Waals surface area (Å²) in [5.74, 6) is 1.37. The molecule has 0 amide bonds. The second-order valence-corrected chi connectivity index (χ2v) is 4.66. The summed E-state index contributed by atoms with van der Waals surface area (Å²) in [6.07, 6.45) is 3.83. The van der Waals surface area contributed by atoms with Crippen molar-refractivity contribution in [1.29, 1.82) is 0 Å². The third-order valence-corrected chi connectivity index (χ3v) is 3.06. The van der Waals surface area contributed by atoms with E-state index in [9.17, 15) is 0 Å². The first-order valence-corrected chi connectivity index (χ1v) is 5.99. The molecule has 1 aromatic carbocycles. The average molecular weight is 205 g/mol. The summed E-state index contributed by atoms with van der Waals surface area (Å²) in [6, 6.07) is 8.22. The van der Waals surface area contributed by atoms with Gasteiger partial charge < -0.3 is 5.73 Å². The van der Waals surface area contributed by atoms with Crippen molar-refractivity contribution in [2.24, 2.45) is 5.92 Å². The second-order valence-electron chi connectivity index (χ2n) is 4.66. The van der Waals surface area contributed by atoms with Gasteiger partial charge in [0.05, 0.1) is 0 Å². The van der Waals surface area contributed by atoms with Gasteiger partial charge in [-0.05, 0) is 29.9 Å². The molecule has 0 aromatic heterocycles. The zero-order valence-electron chi connectivity index (χ0n) is 10.2. The van der Waals surface area contributed by atoms with E-state index < -0.39 is 0 Å². The van der Waals surface area contributed by atoms with Gasteiger partial charge in [-0.25, -0.2) is 0 Å². The fourth-order valence-corrected chi connectivity index (χ4v) is 2.30. The summed E-state index contributed by atoms with van der Waals surface area (Å²) >= 11 is 0. The van der Waals surface area contributed by atoms with Gasteiger partial charge in [0.2, 0.25) is 0 Å². The van der Waals surface area contributed by atoms with Crippen molar-refractivity contribution >= 4 is 5.69 Å². The smallest absolute Gasteiger partial charge is 0.0349 e. The van der Waals surface area contributed by atoms with Gasteiger partial charge in [0.15, 0.2) is 0 Å². The highest BCUT2D eigenvalue weighted by molar-refractivity contribution is 5.48. The van der Waals surface area contributed by atoms with E-state index in [-0.39, 0.29) is 0 Å². The highest BCUT2D eigenvalue weighted by Crippen LogP contribution is 2.28. The molecule has 1 nitrogen and oxygen atoms in total. The van der Waals surface area contributed by atoms with E-state index in [2.05, 4.69) is 32.9 Å². The van der Waals surface area contributed by atoms with Crippen molar-refractivity contribution in [3.8, 4) is 0 Å². The van der Waals surface area contributed by atoms with Crippen LogP contribution in [-0.2, 0) is 0 Å². The van der Waals surface area contributed by atoms with E-state index in [1.54, 1.807) is 0 Å². The zero-order valence-corrected chi connectivity index (χ0v) is 10.2. The highest BCUT2D eigenvalue weighted by Gasteiger charge is 2.11. The Bertz CT molecular complexity index is 293. The molecule has 0 aliphatic rings. The van der Waals surface area contributed by atoms with E-state index in [1.165, 1.54) is 24.8 Å². The van der Waals surface area contributed by atoms with Crippen LogP contribution in [0.3, 0.4) is 0 Å². The van der Waals surface area contributed by atoms with Gasteiger partial charge in [-0.3, -0.25) is 0 Å². The molecule has 1 heteroatoms. The number of nitrogens with two attached hydrogens (primary N) is 1. The van der Waals surface area contributed by atoms with Gasteiger partial charge in [-0.2, -0.15) is 0 Å². The number of rotatable bonds is 5. The maximum Gasteiger partial charge on any atom is 0.0349 e. The molecule has 84 valence electrons. The van der Waals surface area contributed by atoms with Gasteiger partial charge >= 0.3 is 0 Å². The lowest BCUT2D eigenvalue weighted by Crippen LogP contribution is -2.04. The highest BCUT2D eigenvalue weighted by atomic mass is 14.6. The topological polar surface area (TPSA) is 26.0 Å². The maximum atomic E-state index is 5.97. The molecule has 0 heterocycles. The van der Waals surface area contributed by atoms with Crippen LogP contribution in [0.5, 0.6) is 0 Å². The first kappa shape index (κ1) is 12.1. The summed E-state index contributed by atoms with van der Waals surface area (Å²) in [7, 11) is 0. The maximum absolute atomic E-state index is 5.97. The molecule has 1 aromatic rings. The molecule has 0 saturated carbocycles. The molecule has 0 aliphatic carbocycles. The van der Waals surface area contributed by atoms with Gasteiger partial charge in [0, 0.05) is 5.69 Å². The lowest BCUT2D eigenvalue weighted by Gasteiger charge is -2.18. The quantitative estimate of drug-likeness (QED) is 0.716. The Hall–Kier alpha value is -0.980. The third-order valence-electron chi connectivity index (χ3n) is 3.06. The fraction of sp³-hybridized carbons (Fsp3) is 0.571. The molecule has 0 spiro atoms. The van der Waals surface area contributed by atoms with E-state index in [0.29, 0.717) is 5.92 Å². The van der Waals surface area contributed by atoms with Crippen LogP contribution in [-0.4, -0.2) is 0 Å². The number of benzene rings is 1. The largest absolute Gasteiger partial charge is 0.398 e. The predicted molar refractivity (Wildman–Crippen MR) is 68.0 cm³/mol. The van der Waals surface area contributed by atoms with Crippen LogP contribution >= 0.6 is 0 Å². The number of para-hydroxylation sites is 1. The first-order valence-electron chi connectivity index (χ1n) is 5.99. The summed E-state index contributed by atoms with van der Waals surface area (Å²) < 4.78 is 0. The summed E-state index contributed by atoms with van der Waals surface area (Å²) in [6.45, 7) is 6.86. The van der Waals surface area contributed by atoms with Crippen LogP contribution in [0.1, 0.15) is 51.5 Å². The second kappa shape index (κ2) is 5.79. The van der Waals surface area contributed by atoms with Crippen molar-refractivity contribution < 1.29 is 0 Å². The van der Waals surface area contributed by atoms with Gasteiger partial charge in [0.25, 0.3) is 0 Å². The Morgan fingerprint density at radius 1 is 1.20 bits per heavy atom. The minimum Gasteiger partial charge on any atom is -0.398 e. The average Bonchev–Trinajstić information content (AvgIpc) is 2.18. The Morgan fingerprint density at radius 3 is 2.47 bits per heavy atom. The zero-order chi connectivity index (χ0) is 11.3. The normalized spacial score (nSPS) is 14.9. The Morgan fingerprint density at radius 2 is 1.87 bits per heavy atom. The van der Waals surface area contributed by atoms with Crippen molar-refractivity contribution in [1.82, 2.24) is 0 Å². The van der Waals surface area contributed by atoms with E-state index >= 15 is 0 Å². The molecule has 0 fully saturated rings. The van der Waals surface area contributed by atoms with Crippen LogP contribution in [0, 0.1) is 5.92 Å². The van der Waals surface area contributed by atoms with Crippen LogP contribution < -0.4 is 5.73 Å². The monoisotopic (exact) mass is 205 g/mol. The summed E-state index contributed by atoms with van der Waals surface area (Å²) in [4.78, 5) is 0. The molecule has 0 radical (unpaired) electrons. The SMILES string of the molecule is CCCC(C)CC(C)c1ccccc1N. The van der Waals surface area contributed by atoms with Crippen molar-refractivity contribution in [3.05, 3.63) is 29.8 Å². The fourth-order valence-electron chi connectivity index (χ4n) is 2.30. The lowest BCUT2D eigenvalue weighted by molar-refractivity contribution is 0.449. The van der Waals surface area contributed by atoms with Gasteiger partial charge in [0.1, 0.15) is 0 Å². The van der Waals surface area contributed by atoms with E-state index in [1.807, 2.05) is 12.1 Å². The van der Waals surface area contributed by atoms with E-state index in [0.717, 1.165) is 11.6 Å². The molecule has 2 N–H and O–H groups in total. The Labute approximate surface area is 93.7 Å².